The Morgan fingerprint density at radius 3 is 3.04 bits per heavy atom. The number of hydrogen-bond donors (Lipinski definition) is 1. The number of carbonyl (C=O) groups excluding carboxylic acids is 1. The number of hydrogen-bond acceptors (Lipinski definition) is 4. The maximum Gasteiger partial charge on any atom is 0.319 e. The number of H-pyrrole nitrogens is 1. The van der Waals surface area contributed by atoms with Gasteiger partial charge in [-0.15, -0.1) is 0 Å². The highest BCUT2D eigenvalue weighted by molar-refractivity contribution is 5.95. The second kappa shape index (κ2) is 5.32. The van der Waals surface area contributed by atoms with Gasteiger partial charge in [-0.05, 0) is 44.3 Å². The van der Waals surface area contributed by atoms with Gasteiger partial charge in [0, 0.05) is 28.8 Å². The van der Waals surface area contributed by atoms with E-state index in [9.17, 15) is 4.79 Å². The summed E-state index contributed by atoms with van der Waals surface area (Å²) in [6.07, 6.45) is 2.00. The van der Waals surface area contributed by atoms with E-state index in [0.717, 1.165) is 35.9 Å². The number of piperidine rings is 1. The molecule has 1 N–H and O–H groups in total. The molecule has 3 heterocycles. The molecule has 1 aromatic carbocycles. The molecule has 1 aliphatic carbocycles. The van der Waals surface area contributed by atoms with Crippen molar-refractivity contribution in [3.8, 4) is 0 Å². The highest BCUT2D eigenvalue weighted by atomic mass is 16.5. The number of fused-ring (bicyclic) bond motifs is 5. The van der Waals surface area contributed by atoms with E-state index in [0.29, 0.717) is 25.2 Å². The van der Waals surface area contributed by atoms with Gasteiger partial charge in [-0.3, -0.25) is 9.69 Å². The molecular weight excluding hydrogens is 316 g/mol. The summed E-state index contributed by atoms with van der Waals surface area (Å²) in [6.45, 7) is 2.14. The minimum atomic E-state index is -0.692. The summed E-state index contributed by atoms with van der Waals surface area (Å²) in [5.41, 5.74) is 2.72. The number of aromatic amines is 1. The van der Waals surface area contributed by atoms with Crippen molar-refractivity contribution >= 4 is 16.9 Å². The predicted molar refractivity (Wildman–Crippen MR) is 94.4 cm³/mol. The summed E-state index contributed by atoms with van der Waals surface area (Å²) >= 11 is 0. The van der Waals surface area contributed by atoms with Crippen molar-refractivity contribution in [1.29, 1.82) is 0 Å². The highest BCUT2D eigenvalue weighted by Gasteiger charge is 2.61. The van der Waals surface area contributed by atoms with Crippen molar-refractivity contribution in [3.63, 3.8) is 0 Å². The van der Waals surface area contributed by atoms with E-state index in [2.05, 4.69) is 29.1 Å². The summed E-state index contributed by atoms with van der Waals surface area (Å²) in [4.78, 5) is 19.3. The third-order valence-corrected chi connectivity index (χ3v) is 6.77. The van der Waals surface area contributed by atoms with Crippen molar-refractivity contribution in [3.05, 3.63) is 35.5 Å². The number of benzene rings is 1. The van der Waals surface area contributed by atoms with Gasteiger partial charge in [0.15, 0.2) is 0 Å². The van der Waals surface area contributed by atoms with Gasteiger partial charge >= 0.3 is 5.97 Å². The fourth-order valence-electron chi connectivity index (χ4n) is 5.83. The fourth-order valence-corrected chi connectivity index (χ4v) is 5.83. The lowest BCUT2D eigenvalue weighted by molar-refractivity contribution is -0.156. The number of ether oxygens (including phenoxy) is 2. The third kappa shape index (κ3) is 1.83. The zero-order chi connectivity index (χ0) is 17.2. The molecular formula is C20H24N2O3. The Hall–Kier alpha value is -1.85. The lowest BCUT2D eigenvalue weighted by atomic mass is 9.55. The lowest BCUT2D eigenvalue weighted by Gasteiger charge is -2.53. The van der Waals surface area contributed by atoms with Crippen molar-refractivity contribution < 1.29 is 14.3 Å². The number of para-hydroxylation sites is 1. The van der Waals surface area contributed by atoms with E-state index in [1.807, 2.05) is 12.1 Å². The minimum Gasteiger partial charge on any atom is -0.468 e. The summed E-state index contributed by atoms with van der Waals surface area (Å²) in [6, 6.07) is 8.63. The monoisotopic (exact) mass is 340 g/mol. The van der Waals surface area contributed by atoms with Crippen molar-refractivity contribution in [2.45, 2.75) is 24.3 Å². The molecule has 4 atom stereocenters. The van der Waals surface area contributed by atoms with Gasteiger partial charge in [0.05, 0.1) is 19.8 Å². The topological polar surface area (TPSA) is 54.6 Å². The number of nitrogens with one attached hydrogen (secondary N) is 1. The van der Waals surface area contributed by atoms with E-state index < -0.39 is 5.41 Å². The first kappa shape index (κ1) is 15.4. The molecule has 0 radical (unpaired) electrons. The number of aromatic nitrogens is 1. The van der Waals surface area contributed by atoms with Gasteiger partial charge in [0.2, 0.25) is 0 Å². The average molecular weight is 340 g/mol. The van der Waals surface area contributed by atoms with Crippen molar-refractivity contribution in [2.24, 2.45) is 11.8 Å². The summed E-state index contributed by atoms with van der Waals surface area (Å²) in [7, 11) is 3.71. The maximum atomic E-state index is 13.2. The molecule has 3 aliphatic rings. The van der Waals surface area contributed by atoms with Crippen LogP contribution < -0.4 is 0 Å². The predicted octanol–water partition coefficient (Wildman–Crippen LogP) is 2.62. The van der Waals surface area contributed by atoms with Gasteiger partial charge in [0.1, 0.15) is 5.41 Å². The van der Waals surface area contributed by atoms with E-state index in [1.54, 1.807) is 0 Å². The van der Waals surface area contributed by atoms with Crippen LogP contribution in [0.3, 0.4) is 0 Å². The van der Waals surface area contributed by atoms with E-state index in [-0.39, 0.29) is 11.9 Å². The minimum absolute atomic E-state index is 0.140. The Labute approximate surface area is 147 Å². The van der Waals surface area contributed by atoms with Crippen LogP contribution in [0.4, 0.5) is 0 Å². The molecule has 2 aromatic rings. The van der Waals surface area contributed by atoms with Crippen LogP contribution in [0.2, 0.25) is 0 Å². The molecule has 1 aromatic heterocycles. The van der Waals surface area contributed by atoms with Crippen molar-refractivity contribution in [1.82, 2.24) is 9.88 Å². The molecule has 25 heavy (non-hydrogen) atoms. The number of nitrogens with zero attached hydrogens (tertiary/aromatic N) is 1. The van der Waals surface area contributed by atoms with Crippen LogP contribution in [0.1, 0.15) is 30.1 Å². The SMILES string of the molecule is COC(=O)[C@]12COCC[C@@H]3[C@H](c4[nH]c5ccccc5c41)N(C)CC[C@@H]32. The zero-order valence-electron chi connectivity index (χ0n) is 14.7. The van der Waals surface area contributed by atoms with E-state index in [4.69, 9.17) is 9.47 Å². The quantitative estimate of drug-likeness (QED) is 0.811. The summed E-state index contributed by atoms with van der Waals surface area (Å²) in [5.74, 6) is 0.551. The Bertz CT molecular complexity index is 845. The summed E-state index contributed by atoms with van der Waals surface area (Å²) in [5, 5.41) is 1.14. The second-order valence-corrected chi connectivity index (χ2v) is 7.75. The molecule has 0 unspecified atom stereocenters. The first-order valence-electron chi connectivity index (χ1n) is 9.16. The standard InChI is InChI=1S/C20H24N2O3/c1-22-9-7-14-12-8-10-25-11-20(14,19(23)24-2)16-13-5-3-4-6-15(13)21-17(16)18(12)22/h3-6,12,14,18,21H,7-11H2,1-2H3/t12-,14-,18+,20-/m0/s1. The van der Waals surface area contributed by atoms with Crippen LogP contribution in [0, 0.1) is 11.8 Å². The first-order valence-corrected chi connectivity index (χ1v) is 9.16. The van der Waals surface area contributed by atoms with Crippen LogP contribution in [0.15, 0.2) is 24.3 Å². The molecule has 2 saturated heterocycles. The number of rotatable bonds is 1. The van der Waals surface area contributed by atoms with Crippen LogP contribution in [0.25, 0.3) is 10.9 Å². The van der Waals surface area contributed by atoms with E-state index >= 15 is 0 Å². The van der Waals surface area contributed by atoms with Crippen LogP contribution in [-0.2, 0) is 19.7 Å². The molecule has 0 spiro atoms. The fraction of sp³-hybridized carbons (Fsp3) is 0.550. The number of likely N-dealkylation sites (tertiary alicyclic amines) is 1. The van der Waals surface area contributed by atoms with Crippen LogP contribution in [-0.4, -0.2) is 49.8 Å². The highest BCUT2D eigenvalue weighted by Crippen LogP contribution is 2.58. The number of carbonyl (C=O) groups is 1. The molecule has 0 saturated carbocycles. The Morgan fingerprint density at radius 1 is 1.36 bits per heavy atom. The molecule has 132 valence electrons. The van der Waals surface area contributed by atoms with Gasteiger partial charge in [-0.2, -0.15) is 0 Å². The van der Waals surface area contributed by atoms with Gasteiger partial charge in [-0.1, -0.05) is 18.2 Å². The Balaban J connectivity index is 1.89. The van der Waals surface area contributed by atoms with Gasteiger partial charge < -0.3 is 14.5 Å². The largest absolute Gasteiger partial charge is 0.468 e. The second-order valence-electron chi connectivity index (χ2n) is 7.75. The maximum absolute atomic E-state index is 13.2. The van der Waals surface area contributed by atoms with Crippen molar-refractivity contribution in [2.75, 3.05) is 33.9 Å². The normalized spacial score (nSPS) is 34.4. The average Bonchev–Trinajstić information content (AvgIpc) is 2.94. The van der Waals surface area contributed by atoms with Gasteiger partial charge in [0.25, 0.3) is 0 Å². The molecule has 2 fully saturated rings. The van der Waals surface area contributed by atoms with Gasteiger partial charge in [-0.25, -0.2) is 0 Å². The van der Waals surface area contributed by atoms with E-state index in [1.165, 1.54) is 12.8 Å². The smallest absolute Gasteiger partial charge is 0.319 e. The van der Waals surface area contributed by atoms with Crippen LogP contribution >= 0.6 is 0 Å². The first-order chi connectivity index (χ1) is 12.2. The molecule has 0 amide bonds. The zero-order valence-corrected chi connectivity index (χ0v) is 14.7. The Kier molecular flexibility index (Phi) is 3.28. The summed E-state index contributed by atoms with van der Waals surface area (Å²) < 4.78 is 11.4. The third-order valence-electron chi connectivity index (χ3n) is 6.77. The molecule has 5 rings (SSSR count). The Morgan fingerprint density at radius 2 is 2.20 bits per heavy atom. The molecule has 4 bridgehead atoms. The number of methoxy groups -OCH3 is 1. The molecule has 5 heteroatoms. The number of esters is 1. The molecule has 2 aliphatic heterocycles. The molecule has 5 nitrogen and oxygen atoms in total. The lowest BCUT2D eigenvalue weighted by Crippen LogP contribution is -2.58. The van der Waals surface area contributed by atoms with Crippen LogP contribution in [0.5, 0.6) is 0 Å².